The standard InChI is InChI=1S/C9H5Br2ClN2O/c10-5-1-2-7(11)6(3-5)9-13-8(4-12)14-15-9/h1-3H,4H2. The largest absolute Gasteiger partial charge is 0.334 e. The first kappa shape index (κ1) is 11.1. The lowest BCUT2D eigenvalue weighted by molar-refractivity contribution is 0.425. The lowest BCUT2D eigenvalue weighted by Crippen LogP contribution is -1.82. The summed E-state index contributed by atoms with van der Waals surface area (Å²) in [5.41, 5.74) is 0.841. The van der Waals surface area contributed by atoms with Crippen molar-refractivity contribution in [1.29, 1.82) is 0 Å². The first-order chi connectivity index (χ1) is 7.20. The first-order valence-electron chi connectivity index (χ1n) is 4.04. The Morgan fingerprint density at radius 3 is 2.80 bits per heavy atom. The van der Waals surface area contributed by atoms with E-state index < -0.39 is 0 Å². The second kappa shape index (κ2) is 4.63. The molecule has 0 radical (unpaired) electrons. The summed E-state index contributed by atoms with van der Waals surface area (Å²) in [6, 6.07) is 5.73. The fourth-order valence-electron chi connectivity index (χ4n) is 1.08. The molecule has 3 nitrogen and oxygen atoms in total. The minimum atomic E-state index is 0.245. The maximum atomic E-state index is 5.59. The van der Waals surface area contributed by atoms with Gasteiger partial charge in [-0.2, -0.15) is 4.98 Å². The summed E-state index contributed by atoms with van der Waals surface area (Å²) in [4.78, 5) is 4.14. The molecule has 15 heavy (non-hydrogen) atoms. The number of benzene rings is 1. The predicted octanol–water partition coefficient (Wildman–Crippen LogP) is 4.00. The average molecular weight is 352 g/mol. The molecule has 0 unspecified atom stereocenters. The van der Waals surface area contributed by atoms with Gasteiger partial charge in [-0.3, -0.25) is 0 Å². The molecule has 0 aliphatic heterocycles. The summed E-state index contributed by atoms with van der Waals surface area (Å²) in [6.45, 7) is 0. The summed E-state index contributed by atoms with van der Waals surface area (Å²) in [7, 11) is 0. The Morgan fingerprint density at radius 1 is 1.33 bits per heavy atom. The molecule has 0 amide bonds. The van der Waals surface area contributed by atoms with Crippen molar-refractivity contribution in [3.05, 3.63) is 33.0 Å². The fraction of sp³-hybridized carbons (Fsp3) is 0.111. The van der Waals surface area contributed by atoms with E-state index in [1.165, 1.54) is 0 Å². The molecule has 0 N–H and O–H groups in total. The molecule has 0 fully saturated rings. The van der Waals surface area contributed by atoms with Gasteiger partial charge in [-0.25, -0.2) is 0 Å². The van der Waals surface area contributed by atoms with Crippen molar-refractivity contribution in [2.75, 3.05) is 0 Å². The zero-order valence-corrected chi connectivity index (χ0v) is 11.3. The first-order valence-corrected chi connectivity index (χ1v) is 6.16. The second-order valence-corrected chi connectivity index (χ2v) is 4.81. The van der Waals surface area contributed by atoms with Gasteiger partial charge in [-0.1, -0.05) is 21.1 Å². The van der Waals surface area contributed by atoms with E-state index in [9.17, 15) is 0 Å². The van der Waals surface area contributed by atoms with Crippen molar-refractivity contribution in [1.82, 2.24) is 10.1 Å². The predicted molar refractivity (Wildman–Crippen MR) is 64.7 cm³/mol. The molecule has 6 heteroatoms. The molecule has 1 aromatic heterocycles. The molecule has 2 rings (SSSR count). The van der Waals surface area contributed by atoms with E-state index in [4.69, 9.17) is 16.1 Å². The Balaban J connectivity index is 2.48. The van der Waals surface area contributed by atoms with E-state index >= 15 is 0 Å². The maximum absolute atomic E-state index is 5.59. The van der Waals surface area contributed by atoms with Crippen LogP contribution in [0.5, 0.6) is 0 Å². The van der Waals surface area contributed by atoms with Gasteiger partial charge in [0, 0.05) is 8.95 Å². The van der Waals surface area contributed by atoms with Crippen molar-refractivity contribution in [3.63, 3.8) is 0 Å². The zero-order valence-electron chi connectivity index (χ0n) is 7.38. The van der Waals surface area contributed by atoms with Crippen molar-refractivity contribution in [2.24, 2.45) is 0 Å². The van der Waals surface area contributed by atoms with Gasteiger partial charge in [-0.15, -0.1) is 11.6 Å². The molecular weight excluding hydrogens is 347 g/mol. The number of aromatic nitrogens is 2. The van der Waals surface area contributed by atoms with Gasteiger partial charge in [-0.05, 0) is 34.1 Å². The van der Waals surface area contributed by atoms with Crippen molar-refractivity contribution in [2.45, 2.75) is 5.88 Å². The van der Waals surface area contributed by atoms with Crippen LogP contribution in [0.1, 0.15) is 5.82 Å². The van der Waals surface area contributed by atoms with Crippen LogP contribution in [-0.2, 0) is 5.88 Å². The Labute approximate surface area is 108 Å². The third-order valence-corrected chi connectivity index (χ3v) is 3.17. The Kier molecular flexibility index (Phi) is 3.43. The van der Waals surface area contributed by atoms with E-state index in [0.29, 0.717) is 11.7 Å². The van der Waals surface area contributed by atoms with Crippen LogP contribution in [-0.4, -0.2) is 10.1 Å². The number of nitrogens with zero attached hydrogens (tertiary/aromatic N) is 2. The summed E-state index contributed by atoms with van der Waals surface area (Å²) in [5.74, 6) is 1.19. The summed E-state index contributed by atoms with van der Waals surface area (Å²) in [6.07, 6.45) is 0. The Morgan fingerprint density at radius 2 is 2.13 bits per heavy atom. The van der Waals surface area contributed by atoms with Gasteiger partial charge < -0.3 is 4.52 Å². The van der Waals surface area contributed by atoms with Crippen molar-refractivity contribution < 1.29 is 4.52 Å². The molecule has 1 aromatic carbocycles. The quantitative estimate of drug-likeness (QED) is 0.767. The molecule has 0 atom stereocenters. The normalized spacial score (nSPS) is 10.6. The maximum Gasteiger partial charge on any atom is 0.259 e. The van der Waals surface area contributed by atoms with Gasteiger partial charge in [0.15, 0.2) is 5.82 Å². The molecule has 78 valence electrons. The fourth-order valence-corrected chi connectivity index (χ4v) is 1.96. The van der Waals surface area contributed by atoms with E-state index in [1.54, 1.807) is 0 Å². The highest BCUT2D eigenvalue weighted by Gasteiger charge is 2.11. The van der Waals surface area contributed by atoms with Crippen LogP contribution in [0.3, 0.4) is 0 Å². The number of rotatable bonds is 2. The third kappa shape index (κ3) is 2.41. The minimum absolute atomic E-state index is 0.245. The molecule has 0 spiro atoms. The Hall–Kier alpha value is -0.390. The zero-order chi connectivity index (χ0) is 10.8. The van der Waals surface area contributed by atoms with Crippen LogP contribution in [0.15, 0.2) is 31.7 Å². The summed E-state index contributed by atoms with van der Waals surface area (Å²) >= 11 is 12.4. The molecule has 0 saturated carbocycles. The van der Waals surface area contributed by atoms with Gasteiger partial charge in [0.25, 0.3) is 5.89 Å². The monoisotopic (exact) mass is 350 g/mol. The molecule has 2 aromatic rings. The number of hydrogen-bond donors (Lipinski definition) is 0. The highest BCUT2D eigenvalue weighted by atomic mass is 79.9. The number of hydrogen-bond acceptors (Lipinski definition) is 3. The summed E-state index contributed by atoms with van der Waals surface area (Å²) < 4.78 is 6.93. The van der Waals surface area contributed by atoms with E-state index in [0.717, 1.165) is 14.5 Å². The highest BCUT2D eigenvalue weighted by molar-refractivity contribution is 9.11. The topological polar surface area (TPSA) is 38.9 Å². The Bertz CT molecular complexity index is 487. The molecular formula is C9H5Br2ClN2O. The van der Waals surface area contributed by atoms with Crippen LogP contribution in [0.2, 0.25) is 0 Å². The van der Waals surface area contributed by atoms with Crippen LogP contribution in [0, 0.1) is 0 Å². The molecule has 0 saturated heterocycles. The minimum Gasteiger partial charge on any atom is -0.334 e. The van der Waals surface area contributed by atoms with E-state index in [2.05, 4.69) is 42.0 Å². The number of alkyl halides is 1. The highest BCUT2D eigenvalue weighted by Crippen LogP contribution is 2.29. The molecule has 1 heterocycles. The number of halogens is 3. The smallest absolute Gasteiger partial charge is 0.259 e. The van der Waals surface area contributed by atoms with Crippen LogP contribution in [0.4, 0.5) is 0 Å². The lowest BCUT2D eigenvalue weighted by Gasteiger charge is -1.98. The average Bonchev–Trinajstić information content (AvgIpc) is 2.70. The third-order valence-electron chi connectivity index (χ3n) is 1.75. The van der Waals surface area contributed by atoms with E-state index in [-0.39, 0.29) is 5.88 Å². The van der Waals surface area contributed by atoms with Crippen molar-refractivity contribution >= 4 is 43.5 Å². The van der Waals surface area contributed by atoms with E-state index in [1.807, 2.05) is 18.2 Å². The molecule has 0 bridgehead atoms. The lowest BCUT2D eigenvalue weighted by atomic mass is 10.2. The van der Waals surface area contributed by atoms with Crippen LogP contribution >= 0.6 is 43.5 Å². The van der Waals surface area contributed by atoms with Gasteiger partial charge >= 0.3 is 0 Å². The SMILES string of the molecule is ClCc1noc(-c2cc(Br)ccc2Br)n1. The summed E-state index contributed by atoms with van der Waals surface area (Å²) in [5, 5.41) is 3.73. The second-order valence-electron chi connectivity index (χ2n) is 2.77. The van der Waals surface area contributed by atoms with Gasteiger partial charge in [0.1, 0.15) is 0 Å². The van der Waals surface area contributed by atoms with Crippen molar-refractivity contribution in [3.8, 4) is 11.5 Å². The molecule has 0 aliphatic rings. The van der Waals surface area contributed by atoms with Crippen LogP contribution in [0.25, 0.3) is 11.5 Å². The van der Waals surface area contributed by atoms with Gasteiger partial charge in [0.05, 0.1) is 11.4 Å². The van der Waals surface area contributed by atoms with Crippen LogP contribution < -0.4 is 0 Å². The molecule has 0 aliphatic carbocycles. The van der Waals surface area contributed by atoms with Gasteiger partial charge in [0.2, 0.25) is 0 Å².